The molecule has 2 N–H and O–H groups in total. The molecule has 0 fully saturated rings. The Bertz CT molecular complexity index is 884. The van der Waals surface area contributed by atoms with Gasteiger partial charge in [0.1, 0.15) is 11.6 Å². The number of aromatic nitrogens is 3. The van der Waals surface area contributed by atoms with E-state index in [4.69, 9.17) is 4.74 Å². The van der Waals surface area contributed by atoms with Crippen molar-refractivity contribution < 1.29 is 4.74 Å². The summed E-state index contributed by atoms with van der Waals surface area (Å²) in [5, 5.41) is 6.68. The number of hydrogen-bond donors (Lipinski definition) is 2. The van der Waals surface area contributed by atoms with Crippen LogP contribution in [0.1, 0.15) is 13.3 Å². The molecule has 3 rings (SSSR count). The van der Waals surface area contributed by atoms with Crippen LogP contribution in [0.2, 0.25) is 0 Å². The minimum atomic E-state index is 0.584. The van der Waals surface area contributed by atoms with Crippen LogP contribution in [0.3, 0.4) is 0 Å². The summed E-state index contributed by atoms with van der Waals surface area (Å²) in [4.78, 5) is 15.8. The number of nitrogens with one attached hydrogen (secondary N) is 2. The molecule has 1 aromatic carbocycles. The minimum Gasteiger partial charge on any atom is -0.494 e. The molecule has 0 bridgehead atoms. The maximum atomic E-state index is 5.50. The molecule has 0 radical (unpaired) electrons. The van der Waals surface area contributed by atoms with Gasteiger partial charge in [-0.3, -0.25) is 4.98 Å². The first kappa shape index (κ1) is 20.5. The van der Waals surface area contributed by atoms with Crippen molar-refractivity contribution in [3.8, 4) is 17.1 Å². The summed E-state index contributed by atoms with van der Waals surface area (Å²) < 4.78 is 5.50. The first-order valence-corrected chi connectivity index (χ1v) is 9.83. The molecule has 0 spiro atoms. The van der Waals surface area contributed by atoms with E-state index in [9.17, 15) is 0 Å². The highest BCUT2D eigenvalue weighted by Gasteiger charge is 2.08. The van der Waals surface area contributed by atoms with Crippen LogP contribution in [-0.4, -0.2) is 53.6 Å². The van der Waals surface area contributed by atoms with Gasteiger partial charge in [0.2, 0.25) is 5.95 Å². The SMILES string of the molecule is CCOc1ccc(Nc2cc(-c3ccccn3)nc(NCCCN(C)C)n2)cc1. The topological polar surface area (TPSA) is 75.2 Å². The maximum absolute atomic E-state index is 5.50. The fraction of sp³-hybridized carbons (Fsp3) is 0.318. The first-order chi connectivity index (χ1) is 14.1. The van der Waals surface area contributed by atoms with Gasteiger partial charge in [-0.15, -0.1) is 0 Å². The highest BCUT2D eigenvalue weighted by Crippen LogP contribution is 2.23. The molecule has 152 valence electrons. The molecule has 0 aliphatic rings. The fourth-order valence-corrected chi connectivity index (χ4v) is 2.78. The van der Waals surface area contributed by atoms with Gasteiger partial charge in [-0.25, -0.2) is 4.98 Å². The summed E-state index contributed by atoms with van der Waals surface area (Å²) in [6.07, 6.45) is 2.77. The van der Waals surface area contributed by atoms with Crippen LogP contribution in [0.15, 0.2) is 54.7 Å². The maximum Gasteiger partial charge on any atom is 0.225 e. The number of ether oxygens (including phenoxy) is 1. The van der Waals surface area contributed by atoms with E-state index in [0.29, 0.717) is 18.4 Å². The third kappa shape index (κ3) is 6.43. The second-order valence-electron chi connectivity index (χ2n) is 6.84. The molecule has 0 aliphatic carbocycles. The average Bonchev–Trinajstić information content (AvgIpc) is 2.73. The summed E-state index contributed by atoms with van der Waals surface area (Å²) in [6, 6.07) is 15.5. The van der Waals surface area contributed by atoms with Crippen molar-refractivity contribution in [2.45, 2.75) is 13.3 Å². The molecular formula is C22H28N6O. The molecule has 0 atom stereocenters. The number of rotatable bonds is 10. The highest BCUT2D eigenvalue weighted by atomic mass is 16.5. The van der Waals surface area contributed by atoms with Gasteiger partial charge < -0.3 is 20.3 Å². The predicted molar refractivity (Wildman–Crippen MR) is 118 cm³/mol. The van der Waals surface area contributed by atoms with Gasteiger partial charge >= 0.3 is 0 Å². The Hall–Kier alpha value is -3.19. The summed E-state index contributed by atoms with van der Waals surface area (Å²) in [5.41, 5.74) is 2.50. The van der Waals surface area contributed by atoms with E-state index in [2.05, 4.69) is 44.6 Å². The van der Waals surface area contributed by atoms with Crippen molar-refractivity contribution in [1.82, 2.24) is 19.9 Å². The standard InChI is InChI=1S/C22H28N6O/c1-4-29-18-11-9-17(10-12-18)25-21-16-20(19-8-5-6-13-23-19)26-22(27-21)24-14-7-15-28(2)3/h5-6,8-13,16H,4,7,14-15H2,1-3H3,(H2,24,25,26,27). The smallest absolute Gasteiger partial charge is 0.225 e. The zero-order valence-electron chi connectivity index (χ0n) is 17.2. The largest absolute Gasteiger partial charge is 0.494 e. The van der Waals surface area contributed by atoms with E-state index in [1.807, 2.05) is 55.5 Å². The van der Waals surface area contributed by atoms with E-state index in [0.717, 1.165) is 42.3 Å². The van der Waals surface area contributed by atoms with Crippen LogP contribution >= 0.6 is 0 Å². The molecule has 0 unspecified atom stereocenters. The van der Waals surface area contributed by atoms with Crippen molar-refractivity contribution in [1.29, 1.82) is 0 Å². The summed E-state index contributed by atoms with van der Waals surface area (Å²) in [5.74, 6) is 2.14. The van der Waals surface area contributed by atoms with Gasteiger partial charge in [0, 0.05) is 24.5 Å². The number of nitrogens with zero attached hydrogens (tertiary/aromatic N) is 4. The number of benzene rings is 1. The molecule has 2 aromatic heterocycles. The van der Waals surface area contributed by atoms with E-state index >= 15 is 0 Å². The molecule has 0 saturated heterocycles. The Kier molecular flexibility index (Phi) is 7.35. The van der Waals surface area contributed by atoms with Crippen molar-refractivity contribution in [2.24, 2.45) is 0 Å². The van der Waals surface area contributed by atoms with Crippen LogP contribution < -0.4 is 15.4 Å². The van der Waals surface area contributed by atoms with Gasteiger partial charge in [-0.2, -0.15) is 4.98 Å². The lowest BCUT2D eigenvalue weighted by Crippen LogP contribution is -2.17. The van der Waals surface area contributed by atoms with Crippen LogP contribution in [0.25, 0.3) is 11.4 Å². The minimum absolute atomic E-state index is 0.584. The van der Waals surface area contributed by atoms with Crippen molar-refractivity contribution in [3.05, 3.63) is 54.7 Å². The third-order valence-corrected chi connectivity index (χ3v) is 4.16. The van der Waals surface area contributed by atoms with Crippen LogP contribution in [-0.2, 0) is 0 Å². The second kappa shape index (κ2) is 10.4. The molecule has 7 nitrogen and oxygen atoms in total. The molecule has 29 heavy (non-hydrogen) atoms. The van der Waals surface area contributed by atoms with E-state index in [1.165, 1.54) is 0 Å². The Balaban J connectivity index is 1.79. The van der Waals surface area contributed by atoms with Gasteiger partial charge in [0.15, 0.2) is 0 Å². The summed E-state index contributed by atoms with van der Waals surface area (Å²) >= 11 is 0. The Morgan fingerprint density at radius 2 is 1.83 bits per heavy atom. The zero-order chi connectivity index (χ0) is 20.5. The van der Waals surface area contributed by atoms with Gasteiger partial charge in [0.05, 0.1) is 18.0 Å². The Morgan fingerprint density at radius 1 is 1.00 bits per heavy atom. The Morgan fingerprint density at radius 3 is 2.52 bits per heavy atom. The monoisotopic (exact) mass is 392 g/mol. The normalized spacial score (nSPS) is 10.8. The highest BCUT2D eigenvalue weighted by molar-refractivity contribution is 5.65. The van der Waals surface area contributed by atoms with Crippen LogP contribution in [0.4, 0.5) is 17.5 Å². The van der Waals surface area contributed by atoms with Crippen molar-refractivity contribution in [3.63, 3.8) is 0 Å². The van der Waals surface area contributed by atoms with Gasteiger partial charge in [-0.1, -0.05) is 6.07 Å². The number of anilines is 3. The van der Waals surface area contributed by atoms with E-state index in [1.54, 1.807) is 6.20 Å². The Labute approximate surface area is 172 Å². The molecule has 0 amide bonds. The predicted octanol–water partition coefficient (Wildman–Crippen LogP) is 4.04. The van der Waals surface area contributed by atoms with E-state index < -0.39 is 0 Å². The first-order valence-electron chi connectivity index (χ1n) is 9.83. The lowest BCUT2D eigenvalue weighted by molar-refractivity contribution is 0.340. The quantitative estimate of drug-likeness (QED) is 0.504. The molecular weight excluding hydrogens is 364 g/mol. The molecule has 3 aromatic rings. The lowest BCUT2D eigenvalue weighted by Gasteiger charge is -2.13. The molecule has 0 aliphatic heterocycles. The lowest BCUT2D eigenvalue weighted by atomic mass is 10.2. The number of hydrogen-bond acceptors (Lipinski definition) is 7. The fourth-order valence-electron chi connectivity index (χ4n) is 2.78. The van der Waals surface area contributed by atoms with Crippen molar-refractivity contribution in [2.75, 3.05) is 44.4 Å². The van der Waals surface area contributed by atoms with Crippen molar-refractivity contribution >= 4 is 17.5 Å². The van der Waals surface area contributed by atoms with Crippen LogP contribution in [0, 0.1) is 0 Å². The van der Waals surface area contributed by atoms with Gasteiger partial charge in [-0.05, 0) is 70.4 Å². The second-order valence-corrected chi connectivity index (χ2v) is 6.84. The summed E-state index contributed by atoms with van der Waals surface area (Å²) in [6.45, 7) is 4.42. The summed E-state index contributed by atoms with van der Waals surface area (Å²) in [7, 11) is 4.13. The van der Waals surface area contributed by atoms with Crippen LogP contribution in [0.5, 0.6) is 5.75 Å². The third-order valence-electron chi connectivity index (χ3n) is 4.16. The average molecular weight is 393 g/mol. The molecule has 0 saturated carbocycles. The molecule has 2 heterocycles. The zero-order valence-corrected chi connectivity index (χ0v) is 17.2. The van der Waals surface area contributed by atoms with Gasteiger partial charge in [0.25, 0.3) is 0 Å². The molecule has 7 heteroatoms. The number of pyridine rings is 1. The van der Waals surface area contributed by atoms with E-state index in [-0.39, 0.29) is 0 Å².